The van der Waals surface area contributed by atoms with Gasteiger partial charge in [-0.05, 0) is 30.5 Å². The first kappa shape index (κ1) is 11.6. The Balaban J connectivity index is 3.03. The fourth-order valence-electron chi connectivity index (χ4n) is 1.38. The van der Waals surface area contributed by atoms with Gasteiger partial charge in [-0.3, -0.25) is 0 Å². The van der Waals surface area contributed by atoms with Gasteiger partial charge in [0.2, 0.25) is 0 Å². The second-order valence-corrected chi connectivity index (χ2v) is 3.37. The molecule has 2 nitrogen and oxygen atoms in total. The molecule has 1 aromatic carbocycles. The number of hydrogen-bond acceptors (Lipinski definition) is 2. The van der Waals surface area contributed by atoms with E-state index < -0.39 is 0 Å². The Labute approximate surface area is 91.5 Å². The first-order valence-electron chi connectivity index (χ1n) is 5.16. The summed E-state index contributed by atoms with van der Waals surface area (Å²) in [5.74, 6) is 1.90. The number of allylic oxidation sites excluding steroid dienone is 1. The van der Waals surface area contributed by atoms with Gasteiger partial charge in [-0.2, -0.15) is 0 Å². The topological polar surface area (TPSA) is 18.5 Å². The quantitative estimate of drug-likeness (QED) is 0.687. The number of benzene rings is 1. The number of methoxy groups -OCH3 is 1. The summed E-state index contributed by atoms with van der Waals surface area (Å²) < 4.78 is 10.7. The maximum Gasteiger partial charge on any atom is 0.161 e. The Morgan fingerprint density at radius 2 is 2.13 bits per heavy atom. The number of hydrogen-bond donors (Lipinski definition) is 0. The molecule has 0 aliphatic rings. The zero-order chi connectivity index (χ0) is 11.3. The zero-order valence-electron chi connectivity index (χ0n) is 9.62. The van der Waals surface area contributed by atoms with Crippen LogP contribution in [0.3, 0.4) is 0 Å². The second kappa shape index (κ2) is 5.44. The predicted molar refractivity (Wildman–Crippen MR) is 62.8 cm³/mol. The molecule has 0 heterocycles. The second-order valence-electron chi connectivity index (χ2n) is 3.37. The fraction of sp³-hybridized carbons (Fsp3) is 0.385. The van der Waals surface area contributed by atoms with Gasteiger partial charge in [0.25, 0.3) is 0 Å². The summed E-state index contributed by atoms with van der Waals surface area (Å²) in [4.78, 5) is 0. The molecule has 0 aliphatic carbocycles. The van der Waals surface area contributed by atoms with Gasteiger partial charge in [0.1, 0.15) is 0 Å². The summed E-state index contributed by atoms with van der Waals surface area (Å²) in [5.41, 5.74) is 1.19. The van der Waals surface area contributed by atoms with Gasteiger partial charge in [-0.15, -0.1) is 6.58 Å². The van der Waals surface area contributed by atoms with Crippen molar-refractivity contribution in [3.8, 4) is 11.5 Å². The highest BCUT2D eigenvalue weighted by Crippen LogP contribution is 2.31. The van der Waals surface area contributed by atoms with Crippen LogP contribution >= 0.6 is 0 Å². The molecule has 2 heteroatoms. The van der Waals surface area contributed by atoms with Crippen LogP contribution in [0.25, 0.3) is 0 Å². The SMILES string of the molecule is C=CC(C)c1ccc(OC)c(OCC)c1. The average molecular weight is 206 g/mol. The third-order valence-corrected chi connectivity index (χ3v) is 2.37. The van der Waals surface area contributed by atoms with Crippen molar-refractivity contribution in [3.63, 3.8) is 0 Å². The standard InChI is InChI=1S/C13H18O2/c1-5-10(3)11-7-8-12(14-4)13(9-11)15-6-2/h5,7-10H,1,6H2,2-4H3. The normalized spacial score (nSPS) is 11.9. The van der Waals surface area contributed by atoms with Crippen LogP contribution in [0.4, 0.5) is 0 Å². The molecule has 0 saturated carbocycles. The molecule has 1 atom stereocenters. The van der Waals surface area contributed by atoms with Crippen LogP contribution in [0.15, 0.2) is 30.9 Å². The van der Waals surface area contributed by atoms with E-state index in [0.717, 1.165) is 11.5 Å². The van der Waals surface area contributed by atoms with Crippen LogP contribution in [-0.4, -0.2) is 13.7 Å². The Hall–Kier alpha value is -1.44. The van der Waals surface area contributed by atoms with Gasteiger partial charge in [-0.1, -0.05) is 19.1 Å². The van der Waals surface area contributed by atoms with Crippen molar-refractivity contribution in [2.75, 3.05) is 13.7 Å². The summed E-state index contributed by atoms with van der Waals surface area (Å²) in [7, 11) is 1.65. The fourth-order valence-corrected chi connectivity index (χ4v) is 1.38. The molecule has 0 fully saturated rings. The predicted octanol–water partition coefficient (Wildman–Crippen LogP) is 3.38. The van der Waals surface area contributed by atoms with Crippen molar-refractivity contribution in [2.45, 2.75) is 19.8 Å². The van der Waals surface area contributed by atoms with Gasteiger partial charge in [0.15, 0.2) is 11.5 Å². The minimum atomic E-state index is 0.329. The van der Waals surface area contributed by atoms with E-state index in [1.54, 1.807) is 7.11 Å². The van der Waals surface area contributed by atoms with Crippen molar-refractivity contribution in [3.05, 3.63) is 36.4 Å². The van der Waals surface area contributed by atoms with E-state index >= 15 is 0 Å². The molecule has 0 spiro atoms. The first-order valence-corrected chi connectivity index (χ1v) is 5.16. The van der Waals surface area contributed by atoms with Gasteiger partial charge >= 0.3 is 0 Å². The van der Waals surface area contributed by atoms with E-state index in [9.17, 15) is 0 Å². The van der Waals surface area contributed by atoms with E-state index in [1.165, 1.54) is 5.56 Å². The molecule has 0 bridgehead atoms. The Bertz CT molecular complexity index is 331. The van der Waals surface area contributed by atoms with Crippen LogP contribution in [0.2, 0.25) is 0 Å². The summed E-state index contributed by atoms with van der Waals surface area (Å²) in [6, 6.07) is 5.97. The maximum atomic E-state index is 5.50. The van der Waals surface area contributed by atoms with E-state index in [2.05, 4.69) is 13.5 Å². The van der Waals surface area contributed by atoms with Gasteiger partial charge in [0, 0.05) is 0 Å². The summed E-state index contributed by atoms with van der Waals surface area (Å²) in [6.45, 7) is 8.49. The lowest BCUT2D eigenvalue weighted by molar-refractivity contribution is 0.310. The molecule has 0 saturated heterocycles. The minimum absolute atomic E-state index is 0.329. The molecule has 0 aromatic heterocycles. The molecule has 82 valence electrons. The van der Waals surface area contributed by atoms with E-state index in [1.807, 2.05) is 31.2 Å². The third kappa shape index (κ3) is 2.75. The number of ether oxygens (including phenoxy) is 2. The van der Waals surface area contributed by atoms with Crippen molar-refractivity contribution in [1.82, 2.24) is 0 Å². The largest absolute Gasteiger partial charge is 0.493 e. The number of rotatable bonds is 5. The van der Waals surface area contributed by atoms with Crippen LogP contribution < -0.4 is 9.47 Å². The molecule has 1 rings (SSSR count). The maximum absolute atomic E-state index is 5.50. The van der Waals surface area contributed by atoms with Crippen molar-refractivity contribution in [2.24, 2.45) is 0 Å². The Kier molecular flexibility index (Phi) is 4.22. The molecule has 0 aliphatic heterocycles. The summed E-state index contributed by atoms with van der Waals surface area (Å²) >= 11 is 0. The smallest absolute Gasteiger partial charge is 0.161 e. The van der Waals surface area contributed by atoms with Crippen LogP contribution in [0.1, 0.15) is 25.3 Å². The highest BCUT2D eigenvalue weighted by Gasteiger charge is 2.07. The highest BCUT2D eigenvalue weighted by atomic mass is 16.5. The molecule has 1 aromatic rings. The lowest BCUT2D eigenvalue weighted by Gasteiger charge is -2.13. The van der Waals surface area contributed by atoms with Crippen LogP contribution in [0.5, 0.6) is 11.5 Å². The molecular formula is C13H18O2. The Morgan fingerprint density at radius 1 is 1.40 bits per heavy atom. The molecule has 0 amide bonds. The first-order chi connectivity index (χ1) is 7.22. The van der Waals surface area contributed by atoms with Crippen molar-refractivity contribution < 1.29 is 9.47 Å². The van der Waals surface area contributed by atoms with Crippen molar-refractivity contribution in [1.29, 1.82) is 0 Å². The van der Waals surface area contributed by atoms with E-state index in [4.69, 9.17) is 9.47 Å². The molecular weight excluding hydrogens is 188 g/mol. The van der Waals surface area contributed by atoms with Crippen molar-refractivity contribution >= 4 is 0 Å². The van der Waals surface area contributed by atoms with Gasteiger partial charge in [-0.25, -0.2) is 0 Å². The van der Waals surface area contributed by atoms with E-state index in [0.29, 0.717) is 12.5 Å². The Morgan fingerprint density at radius 3 is 2.67 bits per heavy atom. The summed E-state index contributed by atoms with van der Waals surface area (Å²) in [5, 5.41) is 0. The average Bonchev–Trinajstić information content (AvgIpc) is 2.28. The lowest BCUT2D eigenvalue weighted by Crippen LogP contribution is -1.97. The highest BCUT2D eigenvalue weighted by molar-refractivity contribution is 5.44. The molecule has 15 heavy (non-hydrogen) atoms. The third-order valence-electron chi connectivity index (χ3n) is 2.37. The molecule has 1 unspecified atom stereocenters. The summed E-state index contributed by atoms with van der Waals surface area (Å²) in [6.07, 6.45) is 1.91. The van der Waals surface area contributed by atoms with Crippen LogP contribution in [-0.2, 0) is 0 Å². The van der Waals surface area contributed by atoms with E-state index in [-0.39, 0.29) is 0 Å². The monoisotopic (exact) mass is 206 g/mol. The zero-order valence-corrected chi connectivity index (χ0v) is 9.62. The van der Waals surface area contributed by atoms with Gasteiger partial charge in [0.05, 0.1) is 13.7 Å². The van der Waals surface area contributed by atoms with Crippen LogP contribution in [0, 0.1) is 0 Å². The molecule has 0 N–H and O–H groups in total. The minimum Gasteiger partial charge on any atom is -0.493 e. The lowest BCUT2D eigenvalue weighted by atomic mass is 10.0. The molecule has 0 radical (unpaired) electrons. The van der Waals surface area contributed by atoms with Gasteiger partial charge < -0.3 is 9.47 Å².